The average Bonchev–Trinajstić information content (AvgIpc) is 3.33. The Morgan fingerprint density at radius 1 is 0.800 bits per heavy atom. The number of hydrogen-bond acceptors (Lipinski definition) is 11. The largest absolute Gasteiger partial charge is 0.493 e. The highest BCUT2D eigenvalue weighted by Crippen LogP contribution is 2.40. The molecule has 2 aliphatic rings. The topological polar surface area (TPSA) is 122 Å². The Morgan fingerprint density at radius 3 is 2.09 bits per heavy atom. The van der Waals surface area contributed by atoms with Crippen molar-refractivity contribution in [2.24, 2.45) is 0 Å². The van der Waals surface area contributed by atoms with Crippen molar-refractivity contribution >= 4 is 29.3 Å². The first-order valence-corrected chi connectivity index (χ1v) is 14.8. The lowest BCUT2D eigenvalue weighted by molar-refractivity contribution is 0.0647. The van der Waals surface area contributed by atoms with Gasteiger partial charge in [0.05, 0.1) is 38.2 Å². The maximum Gasteiger partial charge on any atom is 0.261 e. The van der Waals surface area contributed by atoms with Crippen LogP contribution in [0.2, 0.25) is 0 Å². The third-order valence-electron chi connectivity index (χ3n) is 8.05. The number of benzene rings is 2. The van der Waals surface area contributed by atoms with Crippen LogP contribution in [0.1, 0.15) is 27.1 Å². The van der Waals surface area contributed by atoms with Gasteiger partial charge in [-0.15, -0.1) is 0 Å². The molecule has 4 heterocycles. The number of amides is 2. The summed E-state index contributed by atoms with van der Waals surface area (Å²) >= 11 is 0. The van der Waals surface area contributed by atoms with E-state index in [1.54, 1.807) is 63.9 Å². The van der Waals surface area contributed by atoms with E-state index in [0.717, 1.165) is 56.2 Å². The molecule has 0 bridgehead atoms. The van der Waals surface area contributed by atoms with Gasteiger partial charge in [0, 0.05) is 68.5 Å². The number of anilines is 3. The van der Waals surface area contributed by atoms with Gasteiger partial charge in [-0.1, -0.05) is 12.1 Å². The van der Waals surface area contributed by atoms with Crippen molar-refractivity contribution in [2.75, 3.05) is 70.8 Å². The van der Waals surface area contributed by atoms with Gasteiger partial charge in [0.25, 0.3) is 11.8 Å². The number of nitrogens with zero attached hydrogens (tertiary/aromatic N) is 6. The molecular weight excluding hydrogens is 574 g/mol. The Kier molecular flexibility index (Phi) is 8.74. The van der Waals surface area contributed by atoms with Crippen molar-refractivity contribution < 1.29 is 23.8 Å². The fraction of sp³-hybridized carbons (Fsp3) is 0.303. The van der Waals surface area contributed by atoms with Crippen LogP contribution in [0.25, 0.3) is 11.3 Å². The van der Waals surface area contributed by atoms with Crippen LogP contribution < -0.4 is 24.4 Å². The van der Waals surface area contributed by atoms with Gasteiger partial charge < -0.3 is 24.4 Å². The van der Waals surface area contributed by atoms with Crippen LogP contribution in [0, 0.1) is 0 Å². The van der Waals surface area contributed by atoms with Gasteiger partial charge in [-0.05, 0) is 43.3 Å². The van der Waals surface area contributed by atoms with E-state index in [0.29, 0.717) is 46.6 Å². The van der Waals surface area contributed by atoms with Crippen molar-refractivity contribution in [2.45, 2.75) is 6.42 Å². The van der Waals surface area contributed by atoms with E-state index in [1.165, 1.54) is 4.90 Å². The quantitative estimate of drug-likeness (QED) is 0.247. The van der Waals surface area contributed by atoms with Gasteiger partial charge in [-0.2, -0.15) is 0 Å². The zero-order chi connectivity index (χ0) is 31.3. The van der Waals surface area contributed by atoms with E-state index in [9.17, 15) is 9.59 Å². The van der Waals surface area contributed by atoms with E-state index in [1.807, 2.05) is 24.4 Å². The maximum atomic E-state index is 12.6. The molecule has 6 rings (SSSR count). The van der Waals surface area contributed by atoms with Crippen molar-refractivity contribution in [3.63, 3.8) is 0 Å². The molecule has 0 aliphatic carbocycles. The third kappa shape index (κ3) is 6.22. The molecule has 2 aromatic carbocycles. The second-order valence-corrected chi connectivity index (χ2v) is 10.7. The Labute approximate surface area is 261 Å². The lowest BCUT2D eigenvalue weighted by Crippen LogP contribution is -2.47. The van der Waals surface area contributed by atoms with Gasteiger partial charge in [0.15, 0.2) is 11.5 Å². The number of aromatic nitrogens is 3. The maximum absolute atomic E-state index is 12.6. The van der Waals surface area contributed by atoms with E-state index in [4.69, 9.17) is 19.2 Å². The lowest BCUT2D eigenvalue weighted by Gasteiger charge is -2.35. The summed E-state index contributed by atoms with van der Waals surface area (Å²) in [4.78, 5) is 45.0. The second kappa shape index (κ2) is 13.2. The molecule has 12 heteroatoms. The zero-order valence-electron chi connectivity index (χ0n) is 25.5. The fourth-order valence-corrected chi connectivity index (χ4v) is 5.68. The highest BCUT2D eigenvalue weighted by Gasteiger charge is 2.34. The highest BCUT2D eigenvalue weighted by atomic mass is 16.5. The SMILES string of the molecule is COc1cc(Nc2nccc(-c3ccc(N4CCN(CCCN5C(=O)c6ccccc6C5=O)CC4)nc3)n2)cc(OC)c1OC. The molecule has 1 fully saturated rings. The predicted molar refractivity (Wildman–Crippen MR) is 170 cm³/mol. The van der Waals surface area contributed by atoms with Crippen molar-refractivity contribution in [3.8, 4) is 28.5 Å². The van der Waals surface area contributed by atoms with Crippen LogP contribution in [0.3, 0.4) is 0 Å². The third-order valence-corrected chi connectivity index (χ3v) is 8.05. The highest BCUT2D eigenvalue weighted by molar-refractivity contribution is 6.21. The summed E-state index contributed by atoms with van der Waals surface area (Å²) in [5.41, 5.74) is 3.31. The number of carbonyl (C=O) groups is 2. The van der Waals surface area contributed by atoms with Gasteiger partial charge in [0.2, 0.25) is 11.7 Å². The second-order valence-electron chi connectivity index (χ2n) is 10.7. The first-order chi connectivity index (χ1) is 22.0. The minimum atomic E-state index is -0.192. The van der Waals surface area contributed by atoms with Crippen molar-refractivity contribution in [3.05, 3.63) is 78.1 Å². The fourth-order valence-electron chi connectivity index (χ4n) is 5.68. The number of ether oxygens (including phenoxy) is 3. The Balaban J connectivity index is 1.02. The van der Waals surface area contributed by atoms with Crippen molar-refractivity contribution in [1.82, 2.24) is 24.8 Å². The summed E-state index contributed by atoms with van der Waals surface area (Å²) in [6.45, 7) is 4.71. The van der Waals surface area contributed by atoms with Crippen LogP contribution >= 0.6 is 0 Å². The van der Waals surface area contributed by atoms with Crippen molar-refractivity contribution in [1.29, 1.82) is 0 Å². The number of carbonyl (C=O) groups excluding carboxylic acids is 2. The summed E-state index contributed by atoms with van der Waals surface area (Å²) in [6.07, 6.45) is 4.27. The molecule has 2 aromatic heterocycles. The minimum Gasteiger partial charge on any atom is -0.493 e. The first kappa shape index (κ1) is 29.8. The molecule has 0 saturated carbocycles. The standard InChI is InChI=1S/C33H35N7O5/c1-43-27-19-23(20-28(44-2)30(27)45-3)36-33-34-12-11-26(37-33)22-9-10-29(35-21-22)39-17-15-38(16-18-39)13-6-14-40-31(41)24-7-4-5-8-25(24)32(40)42/h4-5,7-12,19-21H,6,13-18H2,1-3H3,(H,34,36,37). The molecule has 0 spiro atoms. The monoisotopic (exact) mass is 609 g/mol. The number of hydrogen-bond donors (Lipinski definition) is 1. The Bertz CT molecular complexity index is 1630. The first-order valence-electron chi connectivity index (χ1n) is 14.8. The number of piperazine rings is 1. The smallest absolute Gasteiger partial charge is 0.261 e. The molecule has 0 atom stereocenters. The number of rotatable bonds is 11. The number of imide groups is 1. The van der Waals surface area contributed by atoms with E-state index >= 15 is 0 Å². The Hall–Kier alpha value is -5.23. The van der Waals surface area contributed by atoms with E-state index in [2.05, 4.69) is 25.1 Å². The predicted octanol–water partition coefficient (Wildman–Crippen LogP) is 4.12. The van der Waals surface area contributed by atoms with E-state index in [-0.39, 0.29) is 11.8 Å². The molecule has 232 valence electrons. The molecule has 2 amide bonds. The molecule has 12 nitrogen and oxygen atoms in total. The van der Waals surface area contributed by atoms with Crippen LogP contribution in [-0.4, -0.2) is 97.2 Å². The summed E-state index contributed by atoms with van der Waals surface area (Å²) in [5, 5.41) is 3.21. The number of pyridine rings is 1. The number of fused-ring (bicyclic) bond motifs is 1. The number of methoxy groups -OCH3 is 3. The molecule has 1 N–H and O–H groups in total. The molecule has 4 aromatic rings. The molecule has 45 heavy (non-hydrogen) atoms. The summed E-state index contributed by atoms with van der Waals surface area (Å²) < 4.78 is 16.3. The average molecular weight is 610 g/mol. The molecule has 0 unspecified atom stereocenters. The van der Waals surface area contributed by atoms with Crippen LogP contribution in [0.5, 0.6) is 17.2 Å². The summed E-state index contributed by atoms with van der Waals surface area (Å²) in [5.74, 6) is 2.51. The van der Waals surface area contributed by atoms with Gasteiger partial charge in [-0.3, -0.25) is 19.4 Å². The Morgan fingerprint density at radius 2 is 1.49 bits per heavy atom. The summed E-state index contributed by atoms with van der Waals surface area (Å²) in [6, 6.07) is 16.5. The van der Waals surface area contributed by atoms with E-state index < -0.39 is 0 Å². The van der Waals surface area contributed by atoms with Gasteiger partial charge in [-0.25, -0.2) is 15.0 Å². The molecule has 1 saturated heterocycles. The van der Waals surface area contributed by atoms with Crippen LogP contribution in [-0.2, 0) is 0 Å². The lowest BCUT2D eigenvalue weighted by atomic mass is 10.1. The van der Waals surface area contributed by atoms with Crippen LogP contribution in [0.4, 0.5) is 17.5 Å². The minimum absolute atomic E-state index is 0.192. The number of nitrogens with one attached hydrogen (secondary N) is 1. The zero-order valence-corrected chi connectivity index (χ0v) is 25.5. The normalized spacial score (nSPS) is 14.8. The molecule has 2 aliphatic heterocycles. The van der Waals surface area contributed by atoms with Gasteiger partial charge >= 0.3 is 0 Å². The van der Waals surface area contributed by atoms with Gasteiger partial charge in [0.1, 0.15) is 5.82 Å². The summed E-state index contributed by atoms with van der Waals surface area (Å²) in [7, 11) is 4.70. The molecular formula is C33H35N7O5. The molecule has 0 radical (unpaired) electrons. The van der Waals surface area contributed by atoms with Crippen LogP contribution in [0.15, 0.2) is 67.0 Å².